The van der Waals surface area contributed by atoms with Gasteiger partial charge in [-0.25, -0.2) is 0 Å². The Morgan fingerprint density at radius 2 is 2.19 bits per heavy atom. The summed E-state index contributed by atoms with van der Waals surface area (Å²) < 4.78 is 5.62. The molecule has 1 aromatic rings. The Morgan fingerprint density at radius 1 is 1.48 bits per heavy atom. The molecule has 1 aliphatic heterocycles. The second-order valence-electron chi connectivity index (χ2n) is 5.48. The summed E-state index contributed by atoms with van der Waals surface area (Å²) in [4.78, 5) is 12.9. The Balaban J connectivity index is 1.79. The monoisotopic (exact) mass is 311 g/mol. The van der Waals surface area contributed by atoms with Gasteiger partial charge < -0.3 is 9.84 Å². The number of hydrogen-bond acceptors (Lipinski definition) is 3. The van der Waals surface area contributed by atoms with Crippen molar-refractivity contribution in [3.63, 3.8) is 0 Å². The van der Waals surface area contributed by atoms with Gasteiger partial charge in [-0.15, -0.1) is 0 Å². The second-order valence-corrected chi connectivity index (χ2v) is 5.92. The van der Waals surface area contributed by atoms with Crippen LogP contribution < -0.4 is 0 Å². The van der Waals surface area contributed by atoms with E-state index >= 15 is 0 Å². The SMILES string of the molecule is CC(c1cccc(Cl)c1)N1CCC(OCCC(=O)O)CC1. The number of carbonyl (C=O) groups is 1. The molecule has 1 aliphatic rings. The van der Waals surface area contributed by atoms with E-state index in [-0.39, 0.29) is 12.5 Å². The van der Waals surface area contributed by atoms with Crippen molar-refractivity contribution in [2.24, 2.45) is 0 Å². The zero-order chi connectivity index (χ0) is 15.2. The smallest absolute Gasteiger partial charge is 0.305 e. The molecule has 21 heavy (non-hydrogen) atoms. The van der Waals surface area contributed by atoms with Crippen LogP contribution in [-0.4, -0.2) is 41.8 Å². The van der Waals surface area contributed by atoms with Gasteiger partial charge in [-0.2, -0.15) is 0 Å². The lowest BCUT2D eigenvalue weighted by Crippen LogP contribution is -2.38. The van der Waals surface area contributed by atoms with Crippen molar-refractivity contribution < 1.29 is 14.6 Å². The quantitative estimate of drug-likeness (QED) is 0.875. The highest BCUT2D eigenvalue weighted by Gasteiger charge is 2.24. The van der Waals surface area contributed by atoms with Gasteiger partial charge in [-0.05, 0) is 37.5 Å². The minimum absolute atomic E-state index is 0.0825. The summed E-state index contributed by atoms with van der Waals surface area (Å²) in [6.07, 6.45) is 2.17. The molecule has 0 bridgehead atoms. The maximum absolute atomic E-state index is 10.5. The zero-order valence-corrected chi connectivity index (χ0v) is 13.1. The van der Waals surface area contributed by atoms with Crippen molar-refractivity contribution in [2.75, 3.05) is 19.7 Å². The highest BCUT2D eigenvalue weighted by atomic mass is 35.5. The first-order valence-corrected chi connectivity index (χ1v) is 7.77. The van der Waals surface area contributed by atoms with E-state index in [1.54, 1.807) is 0 Å². The van der Waals surface area contributed by atoms with Crippen molar-refractivity contribution in [2.45, 2.75) is 38.3 Å². The number of piperidine rings is 1. The van der Waals surface area contributed by atoms with E-state index in [2.05, 4.69) is 17.9 Å². The van der Waals surface area contributed by atoms with E-state index in [0.29, 0.717) is 12.6 Å². The van der Waals surface area contributed by atoms with Crippen LogP contribution in [0.5, 0.6) is 0 Å². The summed E-state index contributed by atoms with van der Waals surface area (Å²) in [5.74, 6) is -0.804. The molecule has 0 aromatic heterocycles. The molecule has 1 aromatic carbocycles. The van der Waals surface area contributed by atoms with E-state index in [4.69, 9.17) is 21.4 Å². The number of likely N-dealkylation sites (tertiary alicyclic amines) is 1. The third-order valence-electron chi connectivity index (χ3n) is 4.02. The number of hydrogen-bond donors (Lipinski definition) is 1. The highest BCUT2D eigenvalue weighted by molar-refractivity contribution is 6.30. The molecule has 0 spiro atoms. The van der Waals surface area contributed by atoms with Gasteiger partial charge in [0.2, 0.25) is 0 Å². The van der Waals surface area contributed by atoms with Gasteiger partial charge in [0.15, 0.2) is 0 Å². The second kappa shape index (κ2) is 7.78. The molecule has 0 aliphatic carbocycles. The summed E-state index contributed by atoms with van der Waals surface area (Å²) in [5.41, 5.74) is 1.23. The van der Waals surface area contributed by atoms with Crippen LogP contribution in [0.4, 0.5) is 0 Å². The Kier molecular flexibility index (Phi) is 6.03. The maximum Gasteiger partial charge on any atom is 0.305 e. The van der Waals surface area contributed by atoms with Crippen LogP contribution in [-0.2, 0) is 9.53 Å². The fourth-order valence-electron chi connectivity index (χ4n) is 2.72. The minimum atomic E-state index is -0.804. The van der Waals surface area contributed by atoms with Gasteiger partial charge in [0.1, 0.15) is 0 Å². The van der Waals surface area contributed by atoms with Crippen molar-refractivity contribution in [3.8, 4) is 0 Å². The van der Waals surface area contributed by atoms with Crippen LogP contribution in [0.15, 0.2) is 24.3 Å². The van der Waals surface area contributed by atoms with Gasteiger partial charge in [-0.1, -0.05) is 23.7 Å². The van der Waals surface area contributed by atoms with E-state index in [0.717, 1.165) is 31.0 Å². The zero-order valence-electron chi connectivity index (χ0n) is 12.3. The summed E-state index contributed by atoms with van der Waals surface area (Å²) in [7, 11) is 0. The molecular weight excluding hydrogens is 290 g/mol. The molecule has 1 fully saturated rings. The Labute approximate surface area is 130 Å². The summed E-state index contributed by atoms with van der Waals surface area (Å²) in [6.45, 7) is 4.43. The maximum atomic E-state index is 10.5. The molecule has 0 radical (unpaired) electrons. The highest BCUT2D eigenvalue weighted by Crippen LogP contribution is 2.26. The first-order valence-electron chi connectivity index (χ1n) is 7.39. The lowest BCUT2D eigenvalue weighted by atomic mass is 10.0. The average Bonchev–Trinajstić information content (AvgIpc) is 2.47. The number of carboxylic acids is 1. The van der Waals surface area contributed by atoms with Crippen LogP contribution in [0, 0.1) is 0 Å². The van der Waals surface area contributed by atoms with Crippen molar-refractivity contribution in [3.05, 3.63) is 34.9 Å². The van der Waals surface area contributed by atoms with Gasteiger partial charge in [0.25, 0.3) is 0 Å². The van der Waals surface area contributed by atoms with E-state index in [1.165, 1.54) is 5.56 Å². The number of halogens is 1. The predicted octanol–water partition coefficient (Wildman–Crippen LogP) is 3.36. The number of aliphatic carboxylic acids is 1. The molecule has 5 heteroatoms. The first kappa shape index (κ1) is 16.3. The van der Waals surface area contributed by atoms with Crippen LogP contribution in [0.1, 0.15) is 37.8 Å². The number of ether oxygens (including phenoxy) is 1. The van der Waals surface area contributed by atoms with Crippen molar-refractivity contribution in [1.29, 1.82) is 0 Å². The number of nitrogens with zero attached hydrogens (tertiary/aromatic N) is 1. The van der Waals surface area contributed by atoms with Crippen LogP contribution in [0.3, 0.4) is 0 Å². The lowest BCUT2D eigenvalue weighted by molar-refractivity contribution is -0.138. The third-order valence-corrected chi connectivity index (χ3v) is 4.26. The van der Waals surface area contributed by atoms with E-state index < -0.39 is 5.97 Å². The Hall–Kier alpha value is -1.10. The predicted molar refractivity (Wildman–Crippen MR) is 82.7 cm³/mol. The Morgan fingerprint density at radius 3 is 2.81 bits per heavy atom. The molecule has 1 atom stereocenters. The normalized spacial score (nSPS) is 18.6. The molecule has 4 nitrogen and oxygen atoms in total. The summed E-state index contributed by atoms with van der Waals surface area (Å²) in [5, 5.41) is 9.38. The molecule has 1 heterocycles. The van der Waals surface area contributed by atoms with Crippen LogP contribution >= 0.6 is 11.6 Å². The van der Waals surface area contributed by atoms with Crippen molar-refractivity contribution >= 4 is 17.6 Å². The fraction of sp³-hybridized carbons (Fsp3) is 0.562. The average molecular weight is 312 g/mol. The first-order chi connectivity index (χ1) is 10.1. The molecule has 0 saturated carbocycles. The van der Waals surface area contributed by atoms with E-state index in [1.807, 2.05) is 18.2 Å². The molecule has 1 saturated heterocycles. The largest absolute Gasteiger partial charge is 0.481 e. The topological polar surface area (TPSA) is 49.8 Å². The molecule has 1 unspecified atom stereocenters. The fourth-order valence-corrected chi connectivity index (χ4v) is 2.92. The van der Waals surface area contributed by atoms with E-state index in [9.17, 15) is 4.79 Å². The molecular formula is C16H22ClNO3. The Bertz CT molecular complexity index is 472. The minimum Gasteiger partial charge on any atom is -0.481 e. The summed E-state index contributed by atoms with van der Waals surface area (Å²) >= 11 is 6.05. The molecule has 1 N–H and O–H groups in total. The van der Waals surface area contributed by atoms with Crippen molar-refractivity contribution in [1.82, 2.24) is 4.90 Å². The van der Waals surface area contributed by atoms with Gasteiger partial charge >= 0.3 is 5.97 Å². The number of benzene rings is 1. The third kappa shape index (κ3) is 4.99. The standard InChI is InChI=1S/C16H22ClNO3/c1-12(13-3-2-4-14(17)11-13)18-8-5-15(6-9-18)21-10-7-16(19)20/h2-4,11-12,15H,5-10H2,1H3,(H,19,20). The molecule has 0 amide bonds. The van der Waals surface area contributed by atoms with Gasteiger partial charge in [-0.3, -0.25) is 9.69 Å². The molecule has 2 rings (SSSR count). The molecule has 116 valence electrons. The van der Waals surface area contributed by atoms with Gasteiger partial charge in [0, 0.05) is 24.2 Å². The van der Waals surface area contributed by atoms with Crippen LogP contribution in [0.2, 0.25) is 5.02 Å². The van der Waals surface area contributed by atoms with Gasteiger partial charge in [0.05, 0.1) is 19.1 Å². The van der Waals surface area contributed by atoms with Crippen LogP contribution in [0.25, 0.3) is 0 Å². The number of rotatable bonds is 6. The lowest BCUT2D eigenvalue weighted by Gasteiger charge is -2.36. The summed E-state index contributed by atoms with van der Waals surface area (Å²) in [6, 6.07) is 8.33. The number of carboxylic acid groups (broad SMARTS) is 1.